The zero-order valence-electron chi connectivity index (χ0n) is 14.5. The molecule has 1 aromatic carbocycles. The first-order valence-electron chi connectivity index (χ1n) is 7.93. The number of hydrogen-bond acceptors (Lipinski definition) is 3. The molecular weight excluding hydrogens is 288 g/mol. The Labute approximate surface area is 139 Å². The van der Waals surface area contributed by atoms with Crippen molar-refractivity contribution < 1.29 is 14.3 Å². The Balaban J connectivity index is 2.83. The minimum Gasteiger partial charge on any atom is -0.457 e. The van der Waals surface area contributed by atoms with Crippen LogP contribution in [0.15, 0.2) is 42.5 Å². The number of rotatable bonds is 7. The van der Waals surface area contributed by atoms with Crippen LogP contribution >= 0.6 is 0 Å². The molecule has 0 bridgehead atoms. The molecule has 0 heterocycles. The van der Waals surface area contributed by atoms with Crippen LogP contribution in [0.3, 0.4) is 0 Å². The number of Topliss-reactive ketones (excluding diaryl/α,β-unsaturated/α-hetero) is 1. The Morgan fingerprint density at radius 3 is 2.43 bits per heavy atom. The van der Waals surface area contributed by atoms with Gasteiger partial charge in [0.2, 0.25) is 0 Å². The SMILES string of the molecule is C=C(CC)CCC(=O)c1ccccc1/C=C/C(=O)OC(C)(C)C. The number of benzene rings is 1. The number of ether oxygens (including phenoxy) is 1. The fourth-order valence-corrected chi connectivity index (χ4v) is 1.99. The number of allylic oxidation sites excluding steroid dienone is 1. The van der Waals surface area contributed by atoms with Crippen molar-refractivity contribution in [3.05, 3.63) is 53.6 Å². The molecule has 0 aliphatic carbocycles. The highest BCUT2D eigenvalue weighted by atomic mass is 16.6. The second-order valence-electron chi connectivity index (χ2n) is 6.48. The van der Waals surface area contributed by atoms with Gasteiger partial charge in [-0.05, 0) is 45.3 Å². The first-order valence-corrected chi connectivity index (χ1v) is 7.93. The second-order valence-corrected chi connectivity index (χ2v) is 6.48. The number of carbonyl (C=O) groups is 2. The lowest BCUT2D eigenvalue weighted by Gasteiger charge is -2.17. The van der Waals surface area contributed by atoms with E-state index >= 15 is 0 Å². The van der Waals surface area contributed by atoms with Gasteiger partial charge in [0.1, 0.15) is 5.60 Å². The van der Waals surface area contributed by atoms with Gasteiger partial charge in [0.05, 0.1) is 0 Å². The van der Waals surface area contributed by atoms with E-state index in [9.17, 15) is 9.59 Å². The molecule has 3 nitrogen and oxygen atoms in total. The summed E-state index contributed by atoms with van der Waals surface area (Å²) in [5.74, 6) is -0.358. The molecule has 0 atom stereocenters. The molecule has 0 spiro atoms. The van der Waals surface area contributed by atoms with E-state index in [0.717, 1.165) is 17.6 Å². The molecule has 1 rings (SSSR count). The number of ketones is 1. The molecule has 0 saturated heterocycles. The average Bonchev–Trinajstić information content (AvgIpc) is 2.48. The zero-order valence-corrected chi connectivity index (χ0v) is 14.5. The van der Waals surface area contributed by atoms with E-state index in [2.05, 4.69) is 6.58 Å². The van der Waals surface area contributed by atoms with Crippen molar-refractivity contribution in [2.24, 2.45) is 0 Å². The van der Waals surface area contributed by atoms with Crippen LogP contribution in [0.1, 0.15) is 62.9 Å². The van der Waals surface area contributed by atoms with E-state index in [1.54, 1.807) is 12.1 Å². The van der Waals surface area contributed by atoms with E-state index in [-0.39, 0.29) is 5.78 Å². The van der Waals surface area contributed by atoms with Gasteiger partial charge in [-0.1, -0.05) is 43.3 Å². The predicted molar refractivity (Wildman–Crippen MR) is 94.3 cm³/mol. The van der Waals surface area contributed by atoms with E-state index in [4.69, 9.17) is 4.74 Å². The molecule has 0 aliphatic rings. The average molecular weight is 314 g/mol. The summed E-state index contributed by atoms with van der Waals surface area (Å²) in [5, 5.41) is 0. The fourth-order valence-electron chi connectivity index (χ4n) is 1.99. The number of esters is 1. The molecular formula is C20H26O3. The Morgan fingerprint density at radius 1 is 1.17 bits per heavy atom. The van der Waals surface area contributed by atoms with Crippen LogP contribution in [-0.4, -0.2) is 17.4 Å². The van der Waals surface area contributed by atoms with Crippen molar-refractivity contribution in [2.45, 2.75) is 52.6 Å². The van der Waals surface area contributed by atoms with Gasteiger partial charge < -0.3 is 4.74 Å². The van der Waals surface area contributed by atoms with Crippen molar-refractivity contribution in [1.29, 1.82) is 0 Å². The van der Waals surface area contributed by atoms with Crippen LogP contribution in [0.25, 0.3) is 6.08 Å². The first-order chi connectivity index (χ1) is 10.7. The minimum atomic E-state index is -0.530. The third kappa shape index (κ3) is 7.09. The van der Waals surface area contributed by atoms with Crippen LogP contribution in [-0.2, 0) is 9.53 Å². The minimum absolute atomic E-state index is 0.0593. The quantitative estimate of drug-likeness (QED) is 0.309. The van der Waals surface area contributed by atoms with Gasteiger partial charge >= 0.3 is 5.97 Å². The summed E-state index contributed by atoms with van der Waals surface area (Å²) in [7, 11) is 0. The predicted octanol–water partition coefficient (Wildman–Crippen LogP) is 4.97. The molecule has 1 aromatic rings. The molecule has 23 heavy (non-hydrogen) atoms. The second kappa shape index (κ2) is 8.47. The summed E-state index contributed by atoms with van der Waals surface area (Å²) in [6, 6.07) is 7.28. The van der Waals surface area contributed by atoms with Crippen LogP contribution < -0.4 is 0 Å². The van der Waals surface area contributed by atoms with Crippen molar-refractivity contribution in [3.8, 4) is 0 Å². The maximum atomic E-state index is 12.4. The molecule has 124 valence electrons. The molecule has 0 aliphatic heterocycles. The highest BCUT2D eigenvalue weighted by molar-refractivity contribution is 6.00. The zero-order chi connectivity index (χ0) is 17.5. The van der Waals surface area contributed by atoms with Crippen molar-refractivity contribution >= 4 is 17.8 Å². The Bertz CT molecular complexity index is 604. The molecule has 0 saturated carbocycles. The van der Waals surface area contributed by atoms with E-state index < -0.39 is 11.6 Å². The lowest BCUT2D eigenvalue weighted by molar-refractivity contribution is -0.148. The van der Waals surface area contributed by atoms with Crippen LogP contribution in [0, 0.1) is 0 Å². The molecule has 0 N–H and O–H groups in total. The summed E-state index contributed by atoms with van der Waals surface area (Å²) >= 11 is 0. The largest absolute Gasteiger partial charge is 0.457 e. The van der Waals surface area contributed by atoms with Crippen molar-refractivity contribution in [3.63, 3.8) is 0 Å². The van der Waals surface area contributed by atoms with Crippen LogP contribution in [0.2, 0.25) is 0 Å². The summed E-state index contributed by atoms with van der Waals surface area (Å²) in [5.41, 5.74) is 1.89. The summed E-state index contributed by atoms with van der Waals surface area (Å²) in [4.78, 5) is 24.1. The van der Waals surface area contributed by atoms with Crippen molar-refractivity contribution in [1.82, 2.24) is 0 Å². The molecule has 3 heteroatoms. The van der Waals surface area contributed by atoms with Gasteiger partial charge in [0, 0.05) is 18.1 Å². The first kappa shape index (κ1) is 18.9. The third-order valence-corrected chi connectivity index (χ3v) is 3.27. The number of hydrogen-bond donors (Lipinski definition) is 0. The van der Waals surface area contributed by atoms with E-state index in [0.29, 0.717) is 18.4 Å². The Hall–Kier alpha value is -2.16. The van der Waals surface area contributed by atoms with Gasteiger partial charge in [-0.15, -0.1) is 0 Å². The Kier molecular flexibility index (Phi) is 6.95. The standard InChI is InChI=1S/C20H26O3/c1-6-15(2)11-13-18(21)17-10-8-7-9-16(17)12-14-19(22)23-20(3,4)5/h7-10,12,14H,2,6,11,13H2,1,3-5H3/b14-12+. The third-order valence-electron chi connectivity index (χ3n) is 3.27. The van der Waals surface area contributed by atoms with Gasteiger partial charge in [-0.25, -0.2) is 4.79 Å². The molecule has 0 aromatic heterocycles. The van der Waals surface area contributed by atoms with Gasteiger partial charge in [0.25, 0.3) is 0 Å². The summed E-state index contributed by atoms with van der Waals surface area (Å²) in [6.45, 7) is 11.4. The normalized spacial score (nSPS) is 11.5. The fraction of sp³-hybridized carbons (Fsp3) is 0.400. The summed E-state index contributed by atoms with van der Waals surface area (Å²) < 4.78 is 5.23. The van der Waals surface area contributed by atoms with Gasteiger partial charge in [0.15, 0.2) is 5.78 Å². The molecule has 0 radical (unpaired) electrons. The smallest absolute Gasteiger partial charge is 0.331 e. The highest BCUT2D eigenvalue weighted by Gasteiger charge is 2.14. The maximum Gasteiger partial charge on any atom is 0.331 e. The topological polar surface area (TPSA) is 43.4 Å². The van der Waals surface area contributed by atoms with Crippen LogP contribution in [0.5, 0.6) is 0 Å². The van der Waals surface area contributed by atoms with Crippen LogP contribution in [0.4, 0.5) is 0 Å². The molecule has 0 amide bonds. The van der Waals surface area contributed by atoms with E-state index in [1.807, 2.05) is 45.9 Å². The lowest BCUT2D eigenvalue weighted by Crippen LogP contribution is -2.22. The van der Waals surface area contributed by atoms with Gasteiger partial charge in [-0.2, -0.15) is 0 Å². The maximum absolute atomic E-state index is 12.4. The van der Waals surface area contributed by atoms with E-state index in [1.165, 1.54) is 6.08 Å². The Morgan fingerprint density at radius 2 is 1.83 bits per heavy atom. The molecule has 0 unspecified atom stereocenters. The molecule has 0 fully saturated rings. The van der Waals surface area contributed by atoms with Crippen molar-refractivity contribution in [2.75, 3.05) is 0 Å². The lowest BCUT2D eigenvalue weighted by atomic mass is 9.98. The summed E-state index contributed by atoms with van der Waals surface area (Å²) in [6.07, 6.45) is 5.01. The highest BCUT2D eigenvalue weighted by Crippen LogP contribution is 2.17. The number of carbonyl (C=O) groups excluding carboxylic acids is 2. The monoisotopic (exact) mass is 314 g/mol. The van der Waals surface area contributed by atoms with Gasteiger partial charge in [-0.3, -0.25) is 4.79 Å².